The SMILES string of the molecule is CC1(CN2CCc3nc(-c4ccc(F)cc4)sc3C2)Cn2cc([N+](=O)[O-])nc2O1. The lowest BCUT2D eigenvalue weighted by molar-refractivity contribution is -0.389. The Morgan fingerprint density at radius 1 is 1.34 bits per heavy atom. The minimum Gasteiger partial charge on any atom is -0.436 e. The maximum atomic E-state index is 13.2. The van der Waals surface area contributed by atoms with Gasteiger partial charge in [-0.05, 0) is 36.1 Å². The predicted octanol–water partition coefficient (Wildman–Crippen LogP) is 3.26. The molecule has 1 aromatic carbocycles. The van der Waals surface area contributed by atoms with Gasteiger partial charge in [-0.2, -0.15) is 0 Å². The molecule has 1 unspecified atom stereocenters. The zero-order valence-corrected chi connectivity index (χ0v) is 16.5. The molecule has 0 fully saturated rings. The minimum absolute atomic E-state index is 0.192. The van der Waals surface area contributed by atoms with E-state index in [2.05, 4.69) is 9.88 Å². The lowest BCUT2D eigenvalue weighted by Crippen LogP contribution is -2.46. The van der Waals surface area contributed by atoms with E-state index < -0.39 is 10.5 Å². The van der Waals surface area contributed by atoms with Crippen molar-refractivity contribution >= 4 is 17.2 Å². The highest BCUT2D eigenvalue weighted by Gasteiger charge is 2.42. The number of thiazole rings is 1. The number of hydrogen-bond acceptors (Lipinski definition) is 7. The molecule has 1 atom stereocenters. The van der Waals surface area contributed by atoms with E-state index in [1.807, 2.05) is 6.92 Å². The van der Waals surface area contributed by atoms with Gasteiger partial charge in [-0.3, -0.25) is 9.47 Å². The van der Waals surface area contributed by atoms with Gasteiger partial charge in [0.25, 0.3) is 0 Å². The molecule has 0 bridgehead atoms. The summed E-state index contributed by atoms with van der Waals surface area (Å²) >= 11 is 1.64. The first-order valence-corrected chi connectivity index (χ1v) is 10.1. The van der Waals surface area contributed by atoms with E-state index in [0.717, 1.165) is 35.8 Å². The number of nitro groups is 1. The van der Waals surface area contributed by atoms with Gasteiger partial charge in [0.1, 0.15) is 22.6 Å². The van der Waals surface area contributed by atoms with Crippen molar-refractivity contribution in [1.82, 2.24) is 19.4 Å². The van der Waals surface area contributed by atoms with Crippen molar-refractivity contribution in [3.63, 3.8) is 0 Å². The molecule has 0 amide bonds. The Morgan fingerprint density at radius 3 is 2.86 bits per heavy atom. The number of benzene rings is 1. The monoisotopic (exact) mass is 415 g/mol. The zero-order chi connectivity index (χ0) is 20.2. The molecular formula is C19H18FN5O3S. The lowest BCUT2D eigenvalue weighted by atomic mass is 10.0. The molecule has 10 heteroatoms. The Labute approximate surface area is 169 Å². The summed E-state index contributed by atoms with van der Waals surface area (Å²) in [4.78, 5) is 22.6. The highest BCUT2D eigenvalue weighted by atomic mass is 32.1. The van der Waals surface area contributed by atoms with E-state index in [9.17, 15) is 14.5 Å². The van der Waals surface area contributed by atoms with Crippen LogP contribution in [-0.2, 0) is 19.5 Å². The maximum Gasteiger partial charge on any atom is 0.415 e. The molecule has 0 N–H and O–H groups in total. The third-order valence-corrected chi connectivity index (χ3v) is 6.35. The minimum atomic E-state index is -0.513. The fourth-order valence-corrected chi connectivity index (χ4v) is 5.09. The first-order valence-electron chi connectivity index (χ1n) is 9.26. The largest absolute Gasteiger partial charge is 0.436 e. The van der Waals surface area contributed by atoms with Crippen LogP contribution in [-0.4, -0.2) is 43.0 Å². The topological polar surface area (TPSA) is 86.3 Å². The number of halogens is 1. The van der Waals surface area contributed by atoms with Gasteiger partial charge in [0.2, 0.25) is 0 Å². The van der Waals surface area contributed by atoms with E-state index in [0.29, 0.717) is 19.1 Å². The summed E-state index contributed by atoms with van der Waals surface area (Å²) in [6, 6.07) is 6.71. The molecule has 2 aromatic heterocycles. The average Bonchev–Trinajstić information content (AvgIpc) is 3.33. The summed E-state index contributed by atoms with van der Waals surface area (Å²) in [5.41, 5.74) is 1.54. The smallest absolute Gasteiger partial charge is 0.415 e. The van der Waals surface area contributed by atoms with Crippen LogP contribution in [0.25, 0.3) is 10.6 Å². The predicted molar refractivity (Wildman–Crippen MR) is 104 cm³/mol. The van der Waals surface area contributed by atoms with Gasteiger partial charge in [0, 0.05) is 41.5 Å². The standard InChI is InChI=1S/C19H18FN5O3S/c1-19(11-24-9-16(25(26)27)22-18(24)28-19)10-23-7-6-14-15(8-23)29-17(21-14)12-2-4-13(20)5-3-12/h2-5,9H,6-8,10-11H2,1H3. The quantitative estimate of drug-likeness (QED) is 0.480. The van der Waals surface area contributed by atoms with E-state index in [1.54, 1.807) is 28.0 Å². The molecule has 2 aliphatic rings. The molecule has 5 rings (SSSR count). The van der Waals surface area contributed by atoms with Crippen molar-refractivity contribution in [2.75, 3.05) is 13.1 Å². The Bertz CT molecular complexity index is 1070. The van der Waals surface area contributed by atoms with E-state index in [4.69, 9.17) is 9.72 Å². The van der Waals surface area contributed by atoms with E-state index in [1.165, 1.54) is 23.2 Å². The number of rotatable bonds is 4. The molecule has 29 heavy (non-hydrogen) atoms. The van der Waals surface area contributed by atoms with Crippen molar-refractivity contribution in [3.8, 4) is 16.6 Å². The summed E-state index contributed by atoms with van der Waals surface area (Å²) in [5.74, 6) is -0.445. The van der Waals surface area contributed by atoms with Gasteiger partial charge < -0.3 is 14.9 Å². The molecule has 0 saturated heterocycles. The number of hydrogen-bond donors (Lipinski definition) is 0. The van der Waals surface area contributed by atoms with Crippen molar-refractivity contribution < 1.29 is 14.1 Å². The third kappa shape index (κ3) is 3.38. The zero-order valence-electron chi connectivity index (χ0n) is 15.7. The van der Waals surface area contributed by atoms with Crippen LogP contribution in [0.3, 0.4) is 0 Å². The second-order valence-electron chi connectivity index (χ2n) is 7.68. The Morgan fingerprint density at radius 2 is 2.14 bits per heavy atom. The second-order valence-corrected chi connectivity index (χ2v) is 8.76. The van der Waals surface area contributed by atoms with E-state index in [-0.39, 0.29) is 11.6 Å². The number of ether oxygens (including phenoxy) is 1. The van der Waals surface area contributed by atoms with Gasteiger partial charge in [-0.25, -0.2) is 9.37 Å². The molecule has 0 aliphatic carbocycles. The van der Waals surface area contributed by atoms with E-state index >= 15 is 0 Å². The first kappa shape index (κ1) is 18.2. The first-order chi connectivity index (χ1) is 13.9. The summed E-state index contributed by atoms with van der Waals surface area (Å²) in [7, 11) is 0. The molecule has 3 aromatic rings. The molecule has 150 valence electrons. The molecule has 0 radical (unpaired) electrons. The van der Waals surface area contributed by atoms with Crippen LogP contribution in [0.15, 0.2) is 30.5 Å². The summed E-state index contributed by atoms with van der Waals surface area (Å²) in [6.45, 7) is 4.85. The van der Waals surface area contributed by atoms with Crippen LogP contribution in [0.4, 0.5) is 10.2 Å². The Hall–Kier alpha value is -2.85. The lowest BCUT2D eigenvalue weighted by Gasteiger charge is -2.32. The fraction of sp³-hybridized carbons (Fsp3) is 0.368. The number of nitrogens with zero attached hydrogens (tertiary/aromatic N) is 5. The van der Waals surface area contributed by atoms with Gasteiger partial charge in [-0.15, -0.1) is 11.3 Å². The molecule has 2 aliphatic heterocycles. The molecule has 8 nitrogen and oxygen atoms in total. The summed E-state index contributed by atoms with van der Waals surface area (Å²) < 4.78 is 20.8. The van der Waals surface area contributed by atoms with Crippen LogP contribution >= 0.6 is 11.3 Å². The van der Waals surface area contributed by atoms with Crippen molar-refractivity contribution in [3.05, 3.63) is 57.0 Å². The number of aromatic nitrogens is 3. The normalized spacial score (nSPS) is 20.9. The van der Waals surface area contributed by atoms with Crippen LogP contribution in [0.2, 0.25) is 0 Å². The number of fused-ring (bicyclic) bond motifs is 2. The van der Waals surface area contributed by atoms with Crippen molar-refractivity contribution in [1.29, 1.82) is 0 Å². The van der Waals surface area contributed by atoms with Crippen LogP contribution in [0.1, 0.15) is 17.5 Å². The van der Waals surface area contributed by atoms with Crippen molar-refractivity contribution in [2.45, 2.75) is 32.0 Å². The second kappa shape index (κ2) is 6.60. The Balaban J connectivity index is 1.28. The van der Waals surface area contributed by atoms with Crippen LogP contribution in [0.5, 0.6) is 6.01 Å². The van der Waals surface area contributed by atoms with Gasteiger partial charge in [0.15, 0.2) is 0 Å². The molecule has 4 heterocycles. The third-order valence-electron chi connectivity index (χ3n) is 5.22. The fourth-order valence-electron chi connectivity index (χ4n) is 3.94. The Kier molecular flexibility index (Phi) is 4.14. The summed E-state index contributed by atoms with van der Waals surface area (Å²) in [5, 5.41) is 11.8. The van der Waals surface area contributed by atoms with Gasteiger partial charge >= 0.3 is 11.8 Å². The number of imidazole rings is 1. The highest BCUT2D eigenvalue weighted by molar-refractivity contribution is 7.15. The summed E-state index contributed by atoms with van der Waals surface area (Å²) in [6.07, 6.45) is 2.27. The molecular weight excluding hydrogens is 397 g/mol. The molecule has 0 spiro atoms. The van der Waals surface area contributed by atoms with Gasteiger partial charge in [0.05, 0.1) is 12.2 Å². The van der Waals surface area contributed by atoms with Crippen LogP contribution in [0, 0.1) is 15.9 Å². The highest BCUT2D eigenvalue weighted by Crippen LogP contribution is 2.35. The van der Waals surface area contributed by atoms with Crippen molar-refractivity contribution in [2.24, 2.45) is 0 Å². The molecule has 0 saturated carbocycles. The average molecular weight is 415 g/mol. The maximum absolute atomic E-state index is 13.2. The van der Waals surface area contributed by atoms with Gasteiger partial charge in [-0.1, -0.05) is 0 Å². The van der Waals surface area contributed by atoms with Crippen LogP contribution < -0.4 is 4.74 Å².